The molecule has 0 radical (unpaired) electrons. The van der Waals surface area contributed by atoms with E-state index in [2.05, 4.69) is 91.8 Å². The zero-order valence-corrected chi connectivity index (χ0v) is 24.4. The molecular weight excluding hydrogens is 420 g/mol. The van der Waals surface area contributed by atoms with Gasteiger partial charge in [-0.15, -0.1) is 0 Å². The molecule has 3 rings (SSSR count). The highest BCUT2D eigenvalue weighted by Crippen LogP contribution is 2.55. The summed E-state index contributed by atoms with van der Waals surface area (Å²) in [4.78, 5) is 0. The number of unbranched alkanes of at least 4 members (excludes halogenated alkanes) is 6. The highest BCUT2D eigenvalue weighted by Gasteiger charge is 2.43. The van der Waals surface area contributed by atoms with E-state index >= 15 is 0 Å². The third-order valence-electron chi connectivity index (χ3n) is 9.61. The van der Waals surface area contributed by atoms with E-state index in [1.165, 1.54) is 99.3 Å². The van der Waals surface area contributed by atoms with Crippen molar-refractivity contribution in [3.63, 3.8) is 0 Å². The Balaban J connectivity index is 2.20. The van der Waals surface area contributed by atoms with Crippen LogP contribution in [0, 0.1) is 0 Å². The van der Waals surface area contributed by atoms with Gasteiger partial charge in [0.2, 0.25) is 0 Å². The first kappa shape index (κ1) is 28.0. The molecule has 1 aliphatic carbocycles. The van der Waals surface area contributed by atoms with Crippen molar-refractivity contribution >= 4 is 0 Å². The van der Waals surface area contributed by atoms with Crippen LogP contribution in [0.4, 0.5) is 0 Å². The van der Waals surface area contributed by atoms with E-state index in [9.17, 15) is 0 Å². The number of hydrogen-bond acceptors (Lipinski definition) is 0. The summed E-state index contributed by atoms with van der Waals surface area (Å²) in [6, 6.07) is 15.1. The van der Waals surface area contributed by atoms with Crippen molar-refractivity contribution in [1.29, 1.82) is 0 Å². The van der Waals surface area contributed by atoms with Gasteiger partial charge in [0.15, 0.2) is 0 Å². The van der Waals surface area contributed by atoms with Gasteiger partial charge in [-0.1, -0.05) is 143 Å². The Morgan fingerprint density at radius 1 is 0.543 bits per heavy atom. The van der Waals surface area contributed by atoms with Gasteiger partial charge in [-0.25, -0.2) is 0 Å². The van der Waals surface area contributed by atoms with Crippen LogP contribution in [-0.2, 0) is 16.2 Å². The van der Waals surface area contributed by atoms with Gasteiger partial charge in [-0.2, -0.15) is 0 Å². The van der Waals surface area contributed by atoms with Gasteiger partial charge in [0, 0.05) is 5.41 Å². The Morgan fingerprint density at radius 3 is 1.29 bits per heavy atom. The molecule has 0 aromatic heterocycles. The lowest BCUT2D eigenvalue weighted by Gasteiger charge is -2.35. The van der Waals surface area contributed by atoms with Crippen LogP contribution in [0.15, 0.2) is 36.4 Å². The van der Waals surface area contributed by atoms with Crippen LogP contribution in [0.5, 0.6) is 0 Å². The third-order valence-corrected chi connectivity index (χ3v) is 9.61. The molecule has 0 heterocycles. The van der Waals surface area contributed by atoms with Gasteiger partial charge < -0.3 is 0 Å². The summed E-state index contributed by atoms with van der Waals surface area (Å²) in [6.07, 6.45) is 15.7. The average molecular weight is 475 g/mol. The summed E-state index contributed by atoms with van der Waals surface area (Å²) < 4.78 is 0. The number of hydrogen-bond donors (Lipinski definition) is 0. The molecule has 35 heavy (non-hydrogen) atoms. The second kappa shape index (κ2) is 11.7. The maximum Gasteiger partial charge on any atom is 0.0215 e. The summed E-state index contributed by atoms with van der Waals surface area (Å²) in [5, 5.41) is 0. The Bertz CT molecular complexity index is 878. The van der Waals surface area contributed by atoms with E-state index < -0.39 is 0 Å². The number of rotatable bonds is 14. The topological polar surface area (TPSA) is 0 Å². The molecule has 0 saturated carbocycles. The Morgan fingerprint density at radius 2 is 0.943 bits per heavy atom. The first-order valence-corrected chi connectivity index (χ1v) is 15.0. The fraction of sp³-hybridized carbons (Fsp3) is 0.657. The molecule has 0 fully saturated rings. The maximum atomic E-state index is 2.64. The third kappa shape index (κ3) is 5.73. The van der Waals surface area contributed by atoms with Gasteiger partial charge in [-0.3, -0.25) is 0 Å². The molecule has 0 aliphatic heterocycles. The number of benzene rings is 2. The van der Waals surface area contributed by atoms with Crippen molar-refractivity contribution in [2.24, 2.45) is 0 Å². The van der Waals surface area contributed by atoms with E-state index in [0.717, 1.165) is 0 Å². The summed E-state index contributed by atoms with van der Waals surface area (Å²) >= 11 is 0. The molecule has 2 aromatic rings. The van der Waals surface area contributed by atoms with Crippen LogP contribution in [0.25, 0.3) is 11.1 Å². The van der Waals surface area contributed by atoms with E-state index in [1.54, 1.807) is 11.1 Å². The monoisotopic (exact) mass is 474 g/mol. The zero-order chi connectivity index (χ0) is 25.7. The summed E-state index contributed by atoms with van der Waals surface area (Å²) in [7, 11) is 0. The first-order valence-electron chi connectivity index (χ1n) is 15.0. The van der Waals surface area contributed by atoms with Gasteiger partial charge in [0.1, 0.15) is 0 Å². The predicted molar refractivity (Wildman–Crippen MR) is 157 cm³/mol. The summed E-state index contributed by atoms with van der Waals surface area (Å²) in [5.41, 5.74) is 9.97. The van der Waals surface area contributed by atoms with Crippen LogP contribution in [0.1, 0.15) is 155 Å². The summed E-state index contributed by atoms with van der Waals surface area (Å²) in [5.74, 6) is 0. The van der Waals surface area contributed by atoms with Crippen LogP contribution >= 0.6 is 0 Å². The SMILES string of the molecule is CCCCCCC1(CCCCCC)c2cc(C(C)(C)CC)ccc2-c2ccc(C(C)(C)CC)cc21. The average Bonchev–Trinajstić information content (AvgIpc) is 3.13. The molecule has 0 nitrogen and oxygen atoms in total. The molecular formula is C35H54. The molecule has 0 unspecified atom stereocenters. The molecule has 0 bridgehead atoms. The van der Waals surface area contributed by atoms with E-state index in [1.807, 2.05) is 0 Å². The molecule has 1 aliphatic rings. The Labute approximate surface area is 218 Å². The second-order valence-electron chi connectivity index (χ2n) is 12.7. The highest BCUT2D eigenvalue weighted by atomic mass is 14.5. The van der Waals surface area contributed by atoms with Gasteiger partial charge in [0.05, 0.1) is 0 Å². The predicted octanol–water partition coefficient (Wildman–Crippen LogP) is 11.3. The van der Waals surface area contributed by atoms with Gasteiger partial charge in [0.25, 0.3) is 0 Å². The lowest BCUT2D eigenvalue weighted by Crippen LogP contribution is -2.27. The standard InChI is InChI=1S/C35H54/c1-9-13-15-17-23-35(24-18-16-14-10-2)31-25-27(33(5,6)11-3)19-21-29(31)30-22-20-28(26-32(30)35)34(7,8)12-4/h19-22,25-26H,9-18,23-24H2,1-8H3. The van der Waals surface area contributed by atoms with Crippen molar-refractivity contribution in [3.8, 4) is 11.1 Å². The smallest absolute Gasteiger partial charge is 0.0215 e. The fourth-order valence-corrected chi connectivity index (χ4v) is 6.12. The minimum Gasteiger partial charge on any atom is -0.0654 e. The summed E-state index contributed by atoms with van der Waals surface area (Å²) in [6.45, 7) is 19.0. The first-order chi connectivity index (χ1) is 16.7. The number of fused-ring (bicyclic) bond motifs is 3. The quantitative estimate of drug-likeness (QED) is 0.239. The molecule has 2 aromatic carbocycles. The Kier molecular flexibility index (Phi) is 9.33. The molecule has 0 spiro atoms. The zero-order valence-electron chi connectivity index (χ0n) is 24.4. The lowest BCUT2D eigenvalue weighted by molar-refractivity contribution is 0.398. The molecule has 0 saturated heterocycles. The van der Waals surface area contributed by atoms with E-state index in [4.69, 9.17) is 0 Å². The van der Waals surface area contributed by atoms with E-state index in [0.29, 0.717) is 0 Å². The Hall–Kier alpha value is -1.56. The molecule has 0 N–H and O–H groups in total. The van der Waals surface area contributed by atoms with Crippen molar-refractivity contribution < 1.29 is 0 Å². The molecule has 0 atom stereocenters. The van der Waals surface area contributed by atoms with Crippen molar-refractivity contribution in [2.45, 2.75) is 149 Å². The van der Waals surface area contributed by atoms with Gasteiger partial charge in [-0.05, 0) is 69.9 Å². The van der Waals surface area contributed by atoms with Crippen LogP contribution in [-0.4, -0.2) is 0 Å². The van der Waals surface area contributed by atoms with Crippen LogP contribution in [0.2, 0.25) is 0 Å². The minimum absolute atomic E-state index is 0.172. The highest BCUT2D eigenvalue weighted by molar-refractivity contribution is 5.82. The van der Waals surface area contributed by atoms with Gasteiger partial charge >= 0.3 is 0 Å². The lowest BCUT2D eigenvalue weighted by atomic mass is 9.68. The van der Waals surface area contributed by atoms with Crippen LogP contribution in [0.3, 0.4) is 0 Å². The largest absolute Gasteiger partial charge is 0.0654 e. The fourth-order valence-electron chi connectivity index (χ4n) is 6.12. The molecule has 0 amide bonds. The maximum absolute atomic E-state index is 2.64. The van der Waals surface area contributed by atoms with Crippen molar-refractivity contribution in [3.05, 3.63) is 58.7 Å². The molecule has 194 valence electrons. The molecule has 0 heteroatoms. The normalized spacial score (nSPS) is 14.7. The second-order valence-corrected chi connectivity index (χ2v) is 12.7. The van der Waals surface area contributed by atoms with Crippen molar-refractivity contribution in [2.75, 3.05) is 0 Å². The van der Waals surface area contributed by atoms with Crippen LogP contribution < -0.4 is 0 Å². The minimum atomic E-state index is 0.172. The van der Waals surface area contributed by atoms with Crippen molar-refractivity contribution in [1.82, 2.24) is 0 Å². The van der Waals surface area contributed by atoms with E-state index in [-0.39, 0.29) is 16.2 Å².